The quantitative estimate of drug-likeness (QED) is 0.482. The van der Waals surface area contributed by atoms with Crippen molar-refractivity contribution in [2.75, 3.05) is 17.6 Å². The number of terminal acetylenes is 1. The van der Waals surface area contributed by atoms with Gasteiger partial charge in [0.25, 0.3) is 0 Å². The minimum atomic E-state index is -3.70. The van der Waals surface area contributed by atoms with Gasteiger partial charge < -0.3 is 5.32 Å². The first-order valence-electron chi connectivity index (χ1n) is 4.98. The van der Waals surface area contributed by atoms with Crippen molar-refractivity contribution in [2.24, 2.45) is 0 Å². The van der Waals surface area contributed by atoms with E-state index >= 15 is 0 Å². The van der Waals surface area contributed by atoms with E-state index in [-0.39, 0.29) is 16.5 Å². The molecule has 0 saturated carbocycles. The van der Waals surface area contributed by atoms with Gasteiger partial charge in [0.05, 0.1) is 4.92 Å². The van der Waals surface area contributed by atoms with Gasteiger partial charge in [0.15, 0.2) is 5.03 Å². The molecule has 18 heavy (non-hydrogen) atoms. The largest absolute Gasteiger partial charge is 0.365 e. The number of hydrogen-bond donors (Lipinski definition) is 1. The number of nitrogens with one attached hydrogen (secondary N) is 1. The highest BCUT2D eigenvalue weighted by atomic mass is 32.2. The maximum Gasteiger partial charge on any atom is 0.311 e. The third-order valence-electron chi connectivity index (χ3n) is 1.98. The lowest BCUT2D eigenvalue weighted by Crippen LogP contribution is -2.11. The molecule has 0 spiro atoms. The molecule has 0 unspecified atom stereocenters. The molecule has 0 aliphatic heterocycles. The third-order valence-corrected chi connectivity index (χ3v) is 3.39. The maximum atomic E-state index is 11.7. The zero-order valence-corrected chi connectivity index (χ0v) is 10.4. The van der Waals surface area contributed by atoms with Gasteiger partial charge in [-0.3, -0.25) is 10.1 Å². The van der Waals surface area contributed by atoms with E-state index in [9.17, 15) is 18.5 Å². The van der Waals surface area contributed by atoms with Crippen LogP contribution in [0.1, 0.15) is 6.92 Å². The Morgan fingerprint density at radius 2 is 2.22 bits per heavy atom. The molecule has 0 bridgehead atoms. The Balaban J connectivity index is 3.32. The summed E-state index contributed by atoms with van der Waals surface area (Å²) in [4.78, 5) is 13.8. The lowest BCUT2D eigenvalue weighted by molar-refractivity contribution is -0.384. The Labute approximate surface area is 104 Å². The summed E-state index contributed by atoms with van der Waals surface area (Å²) < 4.78 is 23.3. The maximum absolute atomic E-state index is 11.7. The molecule has 0 aromatic carbocycles. The van der Waals surface area contributed by atoms with E-state index in [2.05, 4.69) is 10.3 Å². The summed E-state index contributed by atoms with van der Waals surface area (Å²) in [5.74, 6) is 1.43. The normalized spacial score (nSPS) is 10.7. The molecule has 8 heteroatoms. The summed E-state index contributed by atoms with van der Waals surface area (Å²) in [6.07, 6.45) is 4.95. The van der Waals surface area contributed by atoms with E-state index < -0.39 is 20.5 Å². The number of hydrogen-bond acceptors (Lipinski definition) is 6. The van der Waals surface area contributed by atoms with E-state index in [1.807, 2.05) is 5.92 Å². The Kier molecular flexibility index (Phi) is 4.23. The third kappa shape index (κ3) is 2.95. The Morgan fingerprint density at radius 1 is 1.56 bits per heavy atom. The first-order valence-corrected chi connectivity index (χ1v) is 6.63. The van der Waals surface area contributed by atoms with Gasteiger partial charge >= 0.3 is 5.69 Å². The van der Waals surface area contributed by atoms with Crippen molar-refractivity contribution >= 4 is 21.3 Å². The highest BCUT2D eigenvalue weighted by molar-refractivity contribution is 7.91. The van der Waals surface area contributed by atoms with Crippen molar-refractivity contribution in [3.63, 3.8) is 0 Å². The predicted molar refractivity (Wildman–Crippen MR) is 65.9 cm³/mol. The SMILES string of the molecule is C#CCS(=O)(=O)c1ccc([N+](=O)[O-])c(NCC)n1. The standard InChI is InChI=1S/C10H11N3O4S/c1-3-7-18(16,17)9-6-5-8(13(14)15)10(12-9)11-4-2/h1,5-6H,4,7H2,2H3,(H,11,12). The fraction of sp³-hybridized carbons (Fsp3) is 0.300. The number of pyridine rings is 1. The Bertz CT molecular complexity index is 604. The van der Waals surface area contributed by atoms with Crippen LogP contribution in [0.2, 0.25) is 0 Å². The van der Waals surface area contributed by atoms with Crippen LogP contribution in [0.25, 0.3) is 0 Å². The summed E-state index contributed by atoms with van der Waals surface area (Å²) in [5, 5.41) is 13.1. The Hall–Kier alpha value is -2.14. The number of nitro groups is 1. The zero-order chi connectivity index (χ0) is 13.8. The molecule has 1 heterocycles. The first kappa shape index (κ1) is 13.9. The van der Waals surface area contributed by atoms with Crippen LogP contribution in [0.5, 0.6) is 0 Å². The summed E-state index contributed by atoms with van der Waals surface area (Å²) in [5.41, 5.74) is -0.281. The summed E-state index contributed by atoms with van der Waals surface area (Å²) in [7, 11) is -3.70. The minimum absolute atomic E-state index is 0.0828. The molecule has 0 atom stereocenters. The fourth-order valence-electron chi connectivity index (χ4n) is 1.24. The van der Waals surface area contributed by atoms with Crippen molar-refractivity contribution in [3.8, 4) is 12.3 Å². The predicted octanol–water partition coefficient (Wildman–Crippen LogP) is 0.829. The topological polar surface area (TPSA) is 102 Å². The zero-order valence-electron chi connectivity index (χ0n) is 9.58. The summed E-state index contributed by atoms with van der Waals surface area (Å²) in [6, 6.07) is 2.17. The fourth-order valence-corrected chi connectivity index (χ4v) is 2.11. The van der Waals surface area contributed by atoms with Gasteiger partial charge in [-0.25, -0.2) is 13.4 Å². The van der Waals surface area contributed by atoms with Gasteiger partial charge in [-0.2, -0.15) is 0 Å². The van der Waals surface area contributed by atoms with E-state index in [4.69, 9.17) is 6.42 Å². The average molecular weight is 269 g/mol. The van der Waals surface area contributed by atoms with Gasteiger partial charge in [-0.15, -0.1) is 6.42 Å². The molecule has 0 fully saturated rings. The van der Waals surface area contributed by atoms with Crippen molar-refractivity contribution in [2.45, 2.75) is 11.9 Å². The molecule has 7 nitrogen and oxygen atoms in total. The molecular formula is C10H11N3O4S. The second-order valence-electron chi connectivity index (χ2n) is 3.27. The van der Waals surface area contributed by atoms with Crippen LogP contribution in [0, 0.1) is 22.5 Å². The first-order chi connectivity index (χ1) is 8.42. The van der Waals surface area contributed by atoms with E-state index in [0.717, 1.165) is 12.1 Å². The summed E-state index contributed by atoms with van der Waals surface area (Å²) >= 11 is 0. The van der Waals surface area contributed by atoms with Crippen LogP contribution in [0.3, 0.4) is 0 Å². The van der Waals surface area contributed by atoms with E-state index in [0.29, 0.717) is 6.54 Å². The molecule has 0 aliphatic rings. The smallest absolute Gasteiger partial charge is 0.311 e. The van der Waals surface area contributed by atoms with Crippen LogP contribution in [0.4, 0.5) is 11.5 Å². The van der Waals surface area contributed by atoms with Crippen LogP contribution >= 0.6 is 0 Å². The lowest BCUT2D eigenvalue weighted by atomic mass is 10.4. The van der Waals surface area contributed by atoms with E-state index in [1.165, 1.54) is 0 Å². The lowest BCUT2D eigenvalue weighted by Gasteiger charge is -2.05. The highest BCUT2D eigenvalue weighted by Crippen LogP contribution is 2.23. The van der Waals surface area contributed by atoms with Crippen LogP contribution < -0.4 is 5.32 Å². The molecule has 1 aromatic heterocycles. The van der Waals surface area contributed by atoms with Crippen LogP contribution in [0.15, 0.2) is 17.2 Å². The highest BCUT2D eigenvalue weighted by Gasteiger charge is 2.21. The van der Waals surface area contributed by atoms with Crippen LogP contribution in [-0.2, 0) is 9.84 Å². The molecule has 0 amide bonds. The summed E-state index contributed by atoms with van der Waals surface area (Å²) in [6.45, 7) is 2.10. The van der Waals surface area contributed by atoms with Crippen molar-refractivity contribution in [3.05, 3.63) is 22.2 Å². The van der Waals surface area contributed by atoms with Gasteiger partial charge in [0, 0.05) is 12.6 Å². The van der Waals surface area contributed by atoms with Gasteiger partial charge in [0.2, 0.25) is 15.7 Å². The molecule has 1 aromatic rings. The van der Waals surface area contributed by atoms with Crippen molar-refractivity contribution in [1.82, 2.24) is 4.98 Å². The second-order valence-corrected chi connectivity index (χ2v) is 5.20. The molecule has 1 rings (SSSR count). The van der Waals surface area contributed by atoms with Gasteiger partial charge in [-0.05, 0) is 13.0 Å². The molecule has 1 N–H and O–H groups in total. The number of sulfone groups is 1. The minimum Gasteiger partial charge on any atom is -0.365 e. The molecule has 0 aliphatic carbocycles. The monoisotopic (exact) mass is 269 g/mol. The van der Waals surface area contributed by atoms with Gasteiger partial charge in [-0.1, -0.05) is 5.92 Å². The Morgan fingerprint density at radius 3 is 2.72 bits per heavy atom. The number of anilines is 1. The average Bonchev–Trinajstić information content (AvgIpc) is 2.29. The molecule has 96 valence electrons. The van der Waals surface area contributed by atoms with Gasteiger partial charge in [0.1, 0.15) is 5.75 Å². The second kappa shape index (κ2) is 5.46. The van der Waals surface area contributed by atoms with E-state index in [1.54, 1.807) is 6.92 Å². The molecule has 0 saturated heterocycles. The number of nitrogens with zero attached hydrogens (tertiary/aromatic N) is 2. The molecule has 0 radical (unpaired) electrons. The number of rotatable bonds is 5. The van der Waals surface area contributed by atoms with Crippen LogP contribution in [-0.4, -0.2) is 30.6 Å². The van der Waals surface area contributed by atoms with Crippen molar-refractivity contribution < 1.29 is 13.3 Å². The number of aromatic nitrogens is 1. The molecular weight excluding hydrogens is 258 g/mol. The van der Waals surface area contributed by atoms with Crippen molar-refractivity contribution in [1.29, 1.82) is 0 Å².